The number of hydrogen-bond donors (Lipinski definition) is 3. The largest absolute Gasteiger partial charge is 0.480 e. The van der Waals surface area contributed by atoms with Crippen molar-refractivity contribution in [2.75, 3.05) is 6.54 Å². The molecule has 0 bridgehead atoms. The van der Waals surface area contributed by atoms with Gasteiger partial charge in [-0.05, 0) is 12.0 Å². The van der Waals surface area contributed by atoms with Gasteiger partial charge in [0.05, 0.1) is 13.0 Å². The van der Waals surface area contributed by atoms with E-state index in [2.05, 4.69) is 10.6 Å². The number of benzene rings is 1. The molecule has 1 unspecified atom stereocenters. The molecule has 1 aromatic carbocycles. The third-order valence-electron chi connectivity index (χ3n) is 3.13. The maximum atomic E-state index is 11.7. The molecule has 1 aromatic rings. The summed E-state index contributed by atoms with van der Waals surface area (Å²) in [6.45, 7) is 1.73. The third-order valence-corrected chi connectivity index (χ3v) is 3.13. The fourth-order valence-corrected chi connectivity index (χ4v) is 1.93. The normalized spacial score (nSPS) is 11.5. The van der Waals surface area contributed by atoms with Crippen LogP contribution in [0.3, 0.4) is 0 Å². The molecule has 0 aromatic heterocycles. The zero-order valence-electron chi connectivity index (χ0n) is 12.7. The smallest absolute Gasteiger partial charge is 0.326 e. The van der Waals surface area contributed by atoms with E-state index >= 15 is 0 Å². The van der Waals surface area contributed by atoms with Gasteiger partial charge >= 0.3 is 5.97 Å². The molecule has 1 atom stereocenters. The average molecular weight is 306 g/mol. The molecule has 120 valence electrons. The molecule has 22 heavy (non-hydrogen) atoms. The predicted octanol–water partition coefficient (Wildman–Crippen LogP) is 1.10. The second-order valence-corrected chi connectivity index (χ2v) is 5.04. The predicted molar refractivity (Wildman–Crippen MR) is 82.2 cm³/mol. The first-order valence-corrected chi connectivity index (χ1v) is 7.35. The van der Waals surface area contributed by atoms with E-state index in [0.29, 0.717) is 6.42 Å². The van der Waals surface area contributed by atoms with Crippen molar-refractivity contribution in [2.45, 2.75) is 38.6 Å². The Balaban J connectivity index is 2.35. The Morgan fingerprint density at radius 2 is 1.82 bits per heavy atom. The number of carbonyl (C=O) groups is 3. The maximum absolute atomic E-state index is 11.7. The second kappa shape index (κ2) is 9.55. The Morgan fingerprint density at radius 1 is 1.14 bits per heavy atom. The number of unbranched alkanes of at least 4 members (excludes halogenated alkanes) is 1. The highest BCUT2D eigenvalue weighted by Crippen LogP contribution is 2.01. The SMILES string of the molecule is CCCCC(NC(=O)CNC(=O)Cc1ccccc1)C(=O)O. The number of nitrogens with one attached hydrogen (secondary N) is 2. The van der Waals surface area contributed by atoms with Crippen LogP contribution in [0.25, 0.3) is 0 Å². The zero-order chi connectivity index (χ0) is 16.4. The Morgan fingerprint density at radius 3 is 2.41 bits per heavy atom. The van der Waals surface area contributed by atoms with Crippen molar-refractivity contribution in [2.24, 2.45) is 0 Å². The quantitative estimate of drug-likeness (QED) is 0.637. The summed E-state index contributed by atoms with van der Waals surface area (Å²) in [5.74, 6) is -1.83. The van der Waals surface area contributed by atoms with E-state index in [4.69, 9.17) is 5.11 Å². The summed E-state index contributed by atoms with van der Waals surface area (Å²) >= 11 is 0. The van der Waals surface area contributed by atoms with E-state index in [1.807, 2.05) is 37.3 Å². The second-order valence-electron chi connectivity index (χ2n) is 5.04. The molecule has 1 rings (SSSR count). The molecular formula is C16H22N2O4. The van der Waals surface area contributed by atoms with Crippen LogP contribution in [0.4, 0.5) is 0 Å². The van der Waals surface area contributed by atoms with Gasteiger partial charge < -0.3 is 15.7 Å². The molecule has 0 aliphatic heterocycles. The summed E-state index contributed by atoms with van der Waals surface area (Å²) in [4.78, 5) is 34.4. The van der Waals surface area contributed by atoms with Gasteiger partial charge in [0.15, 0.2) is 0 Å². The summed E-state index contributed by atoms with van der Waals surface area (Å²) in [5.41, 5.74) is 0.853. The molecule has 0 radical (unpaired) electrons. The van der Waals surface area contributed by atoms with Gasteiger partial charge in [0.25, 0.3) is 0 Å². The fraction of sp³-hybridized carbons (Fsp3) is 0.438. The molecule has 0 saturated carbocycles. The molecule has 0 aliphatic rings. The lowest BCUT2D eigenvalue weighted by Crippen LogP contribution is -2.45. The highest BCUT2D eigenvalue weighted by molar-refractivity contribution is 5.88. The molecule has 0 fully saturated rings. The minimum atomic E-state index is -1.06. The highest BCUT2D eigenvalue weighted by Gasteiger charge is 2.19. The summed E-state index contributed by atoms with van der Waals surface area (Å²) in [7, 11) is 0. The number of hydrogen-bond acceptors (Lipinski definition) is 3. The summed E-state index contributed by atoms with van der Waals surface area (Å²) in [5, 5.41) is 13.9. The lowest BCUT2D eigenvalue weighted by Gasteiger charge is -2.14. The van der Waals surface area contributed by atoms with Gasteiger partial charge in [-0.2, -0.15) is 0 Å². The van der Waals surface area contributed by atoms with Crippen molar-refractivity contribution in [1.82, 2.24) is 10.6 Å². The first kappa shape index (κ1) is 17.7. The van der Waals surface area contributed by atoms with E-state index < -0.39 is 17.9 Å². The van der Waals surface area contributed by atoms with Crippen LogP contribution in [0.15, 0.2) is 30.3 Å². The van der Waals surface area contributed by atoms with Crippen molar-refractivity contribution in [3.05, 3.63) is 35.9 Å². The third kappa shape index (κ3) is 6.88. The lowest BCUT2D eigenvalue weighted by atomic mass is 10.1. The topological polar surface area (TPSA) is 95.5 Å². The van der Waals surface area contributed by atoms with Crippen molar-refractivity contribution < 1.29 is 19.5 Å². The number of carboxylic acids is 1. The van der Waals surface area contributed by atoms with E-state index in [9.17, 15) is 14.4 Å². The van der Waals surface area contributed by atoms with Crippen LogP contribution >= 0.6 is 0 Å². The summed E-state index contributed by atoms with van der Waals surface area (Å²) < 4.78 is 0. The van der Waals surface area contributed by atoms with Gasteiger partial charge in [0.1, 0.15) is 6.04 Å². The van der Waals surface area contributed by atoms with Crippen molar-refractivity contribution >= 4 is 17.8 Å². The van der Waals surface area contributed by atoms with Gasteiger partial charge in [0.2, 0.25) is 11.8 Å². The van der Waals surface area contributed by atoms with Crippen LogP contribution in [0.1, 0.15) is 31.7 Å². The minimum Gasteiger partial charge on any atom is -0.480 e. The van der Waals surface area contributed by atoms with Crippen LogP contribution in [0.5, 0.6) is 0 Å². The highest BCUT2D eigenvalue weighted by atomic mass is 16.4. The Kier molecular flexibility index (Phi) is 7.67. The number of carbonyl (C=O) groups excluding carboxylic acids is 2. The lowest BCUT2D eigenvalue weighted by molar-refractivity contribution is -0.141. The van der Waals surface area contributed by atoms with Crippen molar-refractivity contribution in [3.8, 4) is 0 Å². The Bertz CT molecular complexity index is 502. The molecule has 6 nitrogen and oxygen atoms in total. The van der Waals surface area contributed by atoms with E-state index in [1.54, 1.807) is 0 Å². The average Bonchev–Trinajstić information content (AvgIpc) is 2.50. The van der Waals surface area contributed by atoms with Gasteiger partial charge in [0, 0.05) is 0 Å². The molecule has 0 heterocycles. The number of amides is 2. The Hall–Kier alpha value is -2.37. The zero-order valence-corrected chi connectivity index (χ0v) is 12.7. The number of aliphatic carboxylic acids is 1. The minimum absolute atomic E-state index is 0.187. The monoisotopic (exact) mass is 306 g/mol. The molecule has 3 N–H and O–H groups in total. The van der Waals surface area contributed by atoms with Gasteiger partial charge in [-0.25, -0.2) is 4.79 Å². The fourth-order valence-electron chi connectivity index (χ4n) is 1.93. The maximum Gasteiger partial charge on any atom is 0.326 e. The summed E-state index contributed by atoms with van der Waals surface area (Å²) in [6, 6.07) is 8.27. The van der Waals surface area contributed by atoms with Crippen LogP contribution in [0, 0.1) is 0 Å². The van der Waals surface area contributed by atoms with Gasteiger partial charge in [-0.3, -0.25) is 9.59 Å². The first-order valence-electron chi connectivity index (χ1n) is 7.35. The van der Waals surface area contributed by atoms with Crippen LogP contribution in [0.2, 0.25) is 0 Å². The molecular weight excluding hydrogens is 284 g/mol. The number of rotatable bonds is 9. The standard InChI is InChI=1S/C16H22N2O4/c1-2-3-9-13(16(21)22)18-15(20)11-17-14(19)10-12-7-5-4-6-8-12/h4-8,13H,2-3,9-11H2,1H3,(H,17,19)(H,18,20)(H,21,22). The van der Waals surface area contributed by atoms with E-state index in [1.165, 1.54) is 0 Å². The molecule has 0 spiro atoms. The van der Waals surface area contributed by atoms with Gasteiger partial charge in [-0.15, -0.1) is 0 Å². The van der Waals surface area contributed by atoms with Crippen LogP contribution < -0.4 is 10.6 Å². The Labute approximate surface area is 129 Å². The van der Waals surface area contributed by atoms with E-state index in [0.717, 1.165) is 18.4 Å². The molecule has 0 aliphatic carbocycles. The van der Waals surface area contributed by atoms with Crippen molar-refractivity contribution in [3.63, 3.8) is 0 Å². The molecule has 0 saturated heterocycles. The molecule has 6 heteroatoms. The summed E-state index contributed by atoms with van der Waals surface area (Å²) in [6.07, 6.45) is 2.15. The molecule has 2 amide bonds. The van der Waals surface area contributed by atoms with Crippen molar-refractivity contribution in [1.29, 1.82) is 0 Å². The van der Waals surface area contributed by atoms with Crippen LogP contribution in [-0.4, -0.2) is 35.5 Å². The van der Waals surface area contributed by atoms with Crippen LogP contribution in [-0.2, 0) is 20.8 Å². The van der Waals surface area contributed by atoms with Gasteiger partial charge in [-0.1, -0.05) is 50.1 Å². The number of carboxylic acid groups (broad SMARTS) is 1. The van der Waals surface area contributed by atoms with E-state index in [-0.39, 0.29) is 18.9 Å². The first-order chi connectivity index (χ1) is 10.5.